The Balaban J connectivity index is 0.928. The van der Waals surface area contributed by atoms with Crippen molar-refractivity contribution >= 4 is 49.8 Å². The van der Waals surface area contributed by atoms with E-state index in [1.807, 2.05) is 0 Å². The average molecular weight is 920 g/mol. The van der Waals surface area contributed by atoms with Crippen LogP contribution in [-0.2, 0) is 17.3 Å². The lowest BCUT2D eigenvalue weighted by Crippen LogP contribution is -2.24. The van der Waals surface area contributed by atoms with Gasteiger partial charge in [-0.25, -0.2) is 0 Å². The van der Waals surface area contributed by atoms with Gasteiger partial charge in [-0.05, 0) is 144 Å². The summed E-state index contributed by atoms with van der Waals surface area (Å²) in [6, 6.07) is 88.2. The molecule has 2 heteroatoms. The number of hydrogen-bond acceptors (Lipinski definition) is 2. The molecule has 1 unspecified atom stereocenters. The van der Waals surface area contributed by atoms with E-state index in [0.29, 0.717) is 0 Å². The lowest BCUT2D eigenvalue weighted by molar-refractivity contribution is 0.626. The number of hydrogen-bond donors (Lipinski definition) is 0. The van der Waals surface area contributed by atoms with Gasteiger partial charge in [-0.3, -0.25) is 0 Å². The molecule has 0 amide bonds. The van der Waals surface area contributed by atoms with Crippen LogP contribution in [0, 0.1) is 0 Å². The molecule has 1 spiro atoms. The van der Waals surface area contributed by atoms with Crippen LogP contribution in [0.25, 0.3) is 88.3 Å². The monoisotopic (exact) mass is 919 g/mol. The third-order valence-corrected chi connectivity index (χ3v) is 16.7. The Kier molecular flexibility index (Phi) is 8.78. The van der Waals surface area contributed by atoms with Crippen molar-refractivity contribution in [3.05, 3.63) is 270 Å². The minimum absolute atomic E-state index is 0.134. The lowest BCUT2D eigenvalue weighted by atomic mass is 9.73. The van der Waals surface area contributed by atoms with Gasteiger partial charge in [0.15, 0.2) is 0 Å². The van der Waals surface area contributed by atoms with Crippen molar-refractivity contribution in [1.29, 1.82) is 0 Å². The maximum Gasteiger partial charge on any atom is 0.143 e. The quantitative estimate of drug-likeness (QED) is 0.165. The molecule has 1 atom stereocenters. The number of para-hydroxylation sites is 1. The number of rotatable bonds is 6. The van der Waals surface area contributed by atoms with E-state index in [4.69, 9.17) is 4.42 Å². The summed E-state index contributed by atoms with van der Waals surface area (Å²) in [5.74, 6) is 0. The van der Waals surface area contributed by atoms with Crippen molar-refractivity contribution in [3.63, 3.8) is 0 Å². The highest BCUT2D eigenvalue weighted by Gasteiger charge is 2.48. The number of aryl methyl sites for hydroxylation is 1. The fourth-order valence-corrected chi connectivity index (χ4v) is 13.6. The highest BCUT2D eigenvalue weighted by molar-refractivity contribution is 6.20. The largest absolute Gasteiger partial charge is 0.455 e. The zero-order valence-electron chi connectivity index (χ0n) is 40.3. The lowest BCUT2D eigenvalue weighted by Gasteiger charge is -2.32. The fourth-order valence-electron chi connectivity index (χ4n) is 13.6. The Hall–Kier alpha value is -8.72. The Morgan fingerprint density at radius 2 is 1.00 bits per heavy atom. The summed E-state index contributed by atoms with van der Waals surface area (Å²) >= 11 is 0. The number of fused-ring (bicyclic) bond motifs is 15. The maximum atomic E-state index is 6.80. The second-order valence-electron chi connectivity index (χ2n) is 20.6. The van der Waals surface area contributed by atoms with E-state index < -0.39 is 0 Å². The van der Waals surface area contributed by atoms with Gasteiger partial charge >= 0.3 is 0 Å². The van der Waals surface area contributed by atoms with Gasteiger partial charge in [0.25, 0.3) is 0 Å². The summed E-state index contributed by atoms with van der Waals surface area (Å²) in [4.78, 5) is 2.50. The summed E-state index contributed by atoms with van der Waals surface area (Å²) in [5.41, 5.74) is 25.8. The van der Waals surface area contributed by atoms with Crippen molar-refractivity contribution < 1.29 is 4.42 Å². The van der Waals surface area contributed by atoms with Crippen LogP contribution >= 0.6 is 0 Å². The van der Waals surface area contributed by atoms with Gasteiger partial charge in [0.2, 0.25) is 0 Å². The Labute approximate surface area is 420 Å². The second kappa shape index (κ2) is 15.4. The van der Waals surface area contributed by atoms with Gasteiger partial charge in [0, 0.05) is 43.9 Å². The minimum atomic E-state index is -0.227. The predicted molar refractivity (Wildman–Crippen MR) is 300 cm³/mol. The molecule has 0 bridgehead atoms. The Bertz CT molecular complexity index is 4210. The van der Waals surface area contributed by atoms with Crippen molar-refractivity contribution in [3.8, 4) is 55.6 Å². The van der Waals surface area contributed by atoms with Gasteiger partial charge in [-0.2, -0.15) is 0 Å². The summed E-state index contributed by atoms with van der Waals surface area (Å²) < 4.78 is 6.80. The van der Waals surface area contributed by atoms with E-state index in [0.717, 1.165) is 68.4 Å². The van der Waals surface area contributed by atoms with Crippen LogP contribution in [0.15, 0.2) is 241 Å². The molecule has 12 aromatic rings. The molecule has 3 aliphatic carbocycles. The highest BCUT2D eigenvalue weighted by atomic mass is 16.3. The molecule has 72 heavy (non-hydrogen) atoms. The Morgan fingerprint density at radius 1 is 0.403 bits per heavy atom. The first-order chi connectivity index (χ1) is 35.5. The predicted octanol–water partition coefficient (Wildman–Crippen LogP) is 18.8. The molecular formula is C70H49NO. The van der Waals surface area contributed by atoms with E-state index in [1.165, 1.54) is 83.3 Å². The molecule has 1 heterocycles. The van der Waals surface area contributed by atoms with E-state index in [-0.39, 0.29) is 10.8 Å². The van der Waals surface area contributed by atoms with E-state index in [2.05, 4.69) is 255 Å². The molecule has 0 radical (unpaired) electrons. The van der Waals surface area contributed by atoms with Crippen molar-refractivity contribution in [1.82, 2.24) is 0 Å². The van der Waals surface area contributed by atoms with E-state index in [1.54, 1.807) is 0 Å². The molecule has 0 aliphatic heterocycles. The smallest absolute Gasteiger partial charge is 0.143 e. The van der Waals surface area contributed by atoms with E-state index >= 15 is 0 Å². The molecule has 2 nitrogen and oxygen atoms in total. The summed E-state index contributed by atoms with van der Waals surface area (Å²) in [5, 5.41) is 4.55. The summed E-state index contributed by atoms with van der Waals surface area (Å²) in [6.45, 7) is 4.76. The van der Waals surface area contributed by atoms with Crippen LogP contribution in [0.4, 0.5) is 17.1 Å². The third kappa shape index (κ3) is 5.72. The second-order valence-corrected chi connectivity index (χ2v) is 20.6. The number of benzene rings is 11. The van der Waals surface area contributed by atoms with E-state index in [9.17, 15) is 0 Å². The molecule has 1 aromatic heterocycles. The first-order valence-corrected chi connectivity index (χ1v) is 25.5. The first kappa shape index (κ1) is 41.1. The van der Waals surface area contributed by atoms with Crippen LogP contribution in [0.5, 0.6) is 0 Å². The van der Waals surface area contributed by atoms with Gasteiger partial charge in [-0.15, -0.1) is 0 Å². The summed E-state index contributed by atoms with van der Waals surface area (Å²) in [6.07, 6.45) is 2.10. The topological polar surface area (TPSA) is 16.4 Å². The molecule has 3 aliphatic rings. The van der Waals surface area contributed by atoms with Crippen LogP contribution in [0.2, 0.25) is 0 Å². The molecular weight excluding hydrogens is 871 g/mol. The summed E-state index contributed by atoms with van der Waals surface area (Å²) in [7, 11) is 0. The zero-order chi connectivity index (χ0) is 47.7. The molecule has 340 valence electrons. The number of nitrogens with zero attached hydrogens (tertiary/aromatic N) is 1. The number of furan rings is 1. The van der Waals surface area contributed by atoms with Gasteiger partial charge < -0.3 is 9.32 Å². The molecule has 11 aromatic carbocycles. The molecule has 0 saturated heterocycles. The van der Waals surface area contributed by atoms with Gasteiger partial charge in [0.05, 0.1) is 5.69 Å². The standard InChI is InChI=1S/C70H49NO/c1-69(2)61-29-12-8-23-53(61)58-27-15-26-57(67(58)69)51-21-7-6-19-49(51)45-33-36-47(37-34-45)71(48-38-40-54-52-22-9-13-30-62(52)70(63(54)43-48)42-41-46-18-4-11-28-60(46)70)64-31-14-10-24-55(64)56-25-16-32-65-66(56)59-39-35-44-17-3-5-20-50(44)68(59)72-65/h3-40,43H,41-42H2,1-2H3. The maximum absolute atomic E-state index is 6.80. The zero-order valence-corrected chi connectivity index (χ0v) is 40.3. The third-order valence-electron chi connectivity index (χ3n) is 16.7. The molecule has 0 fully saturated rings. The van der Waals surface area contributed by atoms with Crippen molar-refractivity contribution in [2.75, 3.05) is 4.90 Å². The first-order valence-electron chi connectivity index (χ1n) is 25.5. The molecule has 15 rings (SSSR count). The van der Waals surface area contributed by atoms with Crippen LogP contribution in [-0.4, -0.2) is 0 Å². The van der Waals surface area contributed by atoms with Crippen LogP contribution in [0.3, 0.4) is 0 Å². The number of anilines is 3. The SMILES string of the molecule is CC1(C)c2ccccc2-c2cccc(-c3ccccc3-c3ccc(N(c4ccc5c(c4)C4(CCc6ccccc64)c4ccccc4-5)c4ccccc4-c4cccc5oc6c7ccccc7ccc6c45)cc3)c21. The minimum Gasteiger partial charge on any atom is -0.455 e. The normalized spacial score (nSPS) is 15.7. The fraction of sp³-hybridized carbons (Fsp3) is 0.0857. The molecule has 0 saturated carbocycles. The van der Waals surface area contributed by atoms with Crippen molar-refractivity contribution in [2.24, 2.45) is 0 Å². The van der Waals surface area contributed by atoms with Crippen molar-refractivity contribution in [2.45, 2.75) is 37.5 Å². The van der Waals surface area contributed by atoms with Gasteiger partial charge in [-0.1, -0.05) is 208 Å². The Morgan fingerprint density at radius 3 is 1.83 bits per heavy atom. The van der Waals surface area contributed by atoms with Crippen LogP contribution < -0.4 is 4.90 Å². The highest BCUT2D eigenvalue weighted by Crippen LogP contribution is 2.60. The van der Waals surface area contributed by atoms with Crippen LogP contribution in [0.1, 0.15) is 53.6 Å². The average Bonchev–Trinajstić information content (AvgIpc) is 4.17. The van der Waals surface area contributed by atoms with Gasteiger partial charge in [0.1, 0.15) is 11.2 Å². The molecule has 0 N–H and O–H groups in total.